The number of nitrogens with zero attached hydrogens (tertiary/aromatic N) is 1. The van der Waals surface area contributed by atoms with Crippen LogP contribution in [-0.4, -0.2) is 11.0 Å². The monoisotopic (exact) mass is 247 g/mol. The maximum Gasteiger partial charge on any atom is 0.345 e. The molecular formula is C13H10ClNO2. The molecule has 2 aromatic rings. The van der Waals surface area contributed by atoms with Crippen LogP contribution in [0.5, 0.6) is 5.75 Å². The Labute approximate surface area is 104 Å². The Morgan fingerprint density at radius 3 is 2.65 bits per heavy atom. The molecule has 0 unspecified atom stereocenters. The summed E-state index contributed by atoms with van der Waals surface area (Å²) in [6, 6.07) is 10.2. The molecule has 0 aliphatic rings. The van der Waals surface area contributed by atoms with Crippen LogP contribution in [-0.2, 0) is 0 Å². The van der Waals surface area contributed by atoms with Crippen LogP contribution in [0.2, 0.25) is 5.02 Å². The van der Waals surface area contributed by atoms with Crippen molar-refractivity contribution >= 4 is 17.6 Å². The molecule has 0 fully saturated rings. The first kappa shape index (κ1) is 11.6. The number of aryl methyl sites for hydroxylation is 1. The summed E-state index contributed by atoms with van der Waals surface area (Å²) in [5, 5.41) is 0.404. The Morgan fingerprint density at radius 1 is 1.24 bits per heavy atom. The summed E-state index contributed by atoms with van der Waals surface area (Å²) in [4.78, 5) is 15.8. The number of carbonyl (C=O) groups excluding carboxylic acids is 1. The topological polar surface area (TPSA) is 39.2 Å². The third kappa shape index (κ3) is 2.82. The molecule has 86 valence electrons. The molecular weight excluding hydrogens is 238 g/mol. The van der Waals surface area contributed by atoms with Gasteiger partial charge in [0.25, 0.3) is 0 Å². The number of pyridine rings is 1. The summed E-state index contributed by atoms with van der Waals surface area (Å²) in [6.07, 6.45) is 1.48. The van der Waals surface area contributed by atoms with Crippen LogP contribution in [0.1, 0.15) is 16.1 Å². The van der Waals surface area contributed by atoms with Crippen molar-refractivity contribution in [3.05, 3.63) is 58.9 Å². The van der Waals surface area contributed by atoms with Gasteiger partial charge in [-0.1, -0.05) is 23.7 Å². The summed E-state index contributed by atoms with van der Waals surface area (Å²) in [5.41, 5.74) is 1.25. The number of hydrogen-bond acceptors (Lipinski definition) is 3. The number of aromatic nitrogens is 1. The zero-order valence-electron chi connectivity index (χ0n) is 9.18. The van der Waals surface area contributed by atoms with E-state index in [0.29, 0.717) is 16.3 Å². The van der Waals surface area contributed by atoms with Gasteiger partial charge >= 0.3 is 5.97 Å². The van der Waals surface area contributed by atoms with Crippen LogP contribution in [0.4, 0.5) is 0 Å². The van der Waals surface area contributed by atoms with Gasteiger partial charge in [-0.05, 0) is 31.2 Å². The van der Waals surface area contributed by atoms with Crippen molar-refractivity contribution in [3.8, 4) is 5.75 Å². The fourth-order valence-electron chi connectivity index (χ4n) is 1.27. The van der Waals surface area contributed by atoms with Gasteiger partial charge in [-0.2, -0.15) is 0 Å². The van der Waals surface area contributed by atoms with Gasteiger partial charge in [0, 0.05) is 11.9 Å². The second-order valence-electron chi connectivity index (χ2n) is 3.51. The molecule has 1 heterocycles. The lowest BCUT2D eigenvalue weighted by atomic mass is 10.2. The van der Waals surface area contributed by atoms with Gasteiger partial charge in [-0.15, -0.1) is 0 Å². The molecule has 0 aliphatic carbocycles. The summed E-state index contributed by atoms with van der Waals surface area (Å²) in [5.74, 6) is -0.120. The van der Waals surface area contributed by atoms with E-state index >= 15 is 0 Å². The highest BCUT2D eigenvalue weighted by Gasteiger charge is 2.10. The molecule has 1 aromatic heterocycles. The van der Waals surface area contributed by atoms with Gasteiger partial charge in [0.05, 0.1) is 10.6 Å². The van der Waals surface area contributed by atoms with E-state index < -0.39 is 5.97 Å². The van der Waals surface area contributed by atoms with Crippen LogP contribution in [0.25, 0.3) is 0 Å². The van der Waals surface area contributed by atoms with E-state index in [9.17, 15) is 4.79 Å². The first-order valence-corrected chi connectivity index (χ1v) is 5.44. The van der Waals surface area contributed by atoms with Crippen LogP contribution < -0.4 is 4.74 Å². The highest BCUT2D eigenvalue weighted by atomic mass is 35.5. The lowest BCUT2D eigenvalue weighted by molar-refractivity contribution is 0.0734. The normalized spacial score (nSPS) is 10.0. The fraction of sp³-hybridized carbons (Fsp3) is 0.0769. The molecule has 0 saturated heterocycles. The van der Waals surface area contributed by atoms with Crippen molar-refractivity contribution in [2.24, 2.45) is 0 Å². The number of halogens is 1. The average molecular weight is 248 g/mol. The second-order valence-corrected chi connectivity index (χ2v) is 3.92. The Balaban J connectivity index is 2.17. The van der Waals surface area contributed by atoms with E-state index in [4.69, 9.17) is 16.3 Å². The van der Waals surface area contributed by atoms with E-state index in [0.717, 1.165) is 5.69 Å². The van der Waals surface area contributed by atoms with Crippen LogP contribution in [0, 0.1) is 6.92 Å². The fourth-order valence-corrected chi connectivity index (χ4v) is 1.45. The third-order valence-electron chi connectivity index (χ3n) is 2.19. The maximum absolute atomic E-state index is 11.8. The summed E-state index contributed by atoms with van der Waals surface area (Å²) >= 11 is 5.89. The third-order valence-corrected chi connectivity index (χ3v) is 2.50. The van der Waals surface area contributed by atoms with Crippen molar-refractivity contribution in [1.29, 1.82) is 0 Å². The Kier molecular flexibility index (Phi) is 3.40. The largest absolute Gasteiger partial charge is 0.421 e. The van der Waals surface area contributed by atoms with Crippen molar-refractivity contribution in [2.75, 3.05) is 0 Å². The number of hydrogen-bond donors (Lipinski definition) is 0. The molecule has 0 bridgehead atoms. The molecule has 0 amide bonds. The molecule has 0 radical (unpaired) electrons. The first-order valence-electron chi connectivity index (χ1n) is 5.06. The Bertz CT molecular complexity index is 537. The number of carbonyl (C=O) groups is 1. The van der Waals surface area contributed by atoms with Crippen LogP contribution in [0.15, 0.2) is 42.6 Å². The SMILES string of the molecule is Cc1ccc(C(=O)Oc2ccccc2Cl)cn1. The average Bonchev–Trinajstić information content (AvgIpc) is 2.33. The van der Waals surface area contributed by atoms with Gasteiger partial charge in [0.15, 0.2) is 0 Å². The molecule has 0 saturated carbocycles. The Morgan fingerprint density at radius 2 is 2.00 bits per heavy atom. The van der Waals surface area contributed by atoms with E-state index in [-0.39, 0.29) is 0 Å². The van der Waals surface area contributed by atoms with Crippen LogP contribution >= 0.6 is 11.6 Å². The first-order chi connectivity index (χ1) is 8.16. The standard InChI is InChI=1S/C13H10ClNO2/c1-9-6-7-10(8-15-9)13(16)17-12-5-3-2-4-11(12)14/h2-8H,1H3. The van der Waals surface area contributed by atoms with E-state index in [1.54, 1.807) is 36.4 Å². The number of rotatable bonds is 2. The van der Waals surface area contributed by atoms with E-state index in [1.807, 2.05) is 6.92 Å². The number of para-hydroxylation sites is 1. The van der Waals surface area contributed by atoms with Crippen molar-refractivity contribution < 1.29 is 9.53 Å². The predicted molar refractivity (Wildman–Crippen MR) is 65.4 cm³/mol. The van der Waals surface area contributed by atoms with Gasteiger partial charge in [-0.25, -0.2) is 4.79 Å². The van der Waals surface area contributed by atoms with Gasteiger partial charge < -0.3 is 4.74 Å². The van der Waals surface area contributed by atoms with Gasteiger partial charge in [0.2, 0.25) is 0 Å². The van der Waals surface area contributed by atoms with E-state index in [1.165, 1.54) is 6.20 Å². The lowest BCUT2D eigenvalue weighted by Gasteiger charge is -2.05. The number of esters is 1. The van der Waals surface area contributed by atoms with Gasteiger partial charge in [0.1, 0.15) is 5.75 Å². The second kappa shape index (κ2) is 4.97. The molecule has 2 rings (SSSR count). The zero-order chi connectivity index (χ0) is 12.3. The maximum atomic E-state index is 11.8. The molecule has 0 spiro atoms. The Hall–Kier alpha value is -1.87. The minimum atomic E-state index is -0.467. The predicted octanol–water partition coefficient (Wildman–Crippen LogP) is 3.26. The minimum absolute atomic E-state index is 0.347. The quantitative estimate of drug-likeness (QED) is 0.604. The highest BCUT2D eigenvalue weighted by molar-refractivity contribution is 6.32. The molecule has 3 nitrogen and oxygen atoms in total. The molecule has 0 atom stereocenters. The summed E-state index contributed by atoms with van der Waals surface area (Å²) < 4.78 is 5.16. The molecule has 4 heteroatoms. The van der Waals surface area contributed by atoms with E-state index in [2.05, 4.69) is 4.98 Å². The summed E-state index contributed by atoms with van der Waals surface area (Å²) in [6.45, 7) is 1.85. The zero-order valence-corrected chi connectivity index (χ0v) is 9.94. The number of ether oxygens (including phenoxy) is 1. The molecule has 1 aromatic carbocycles. The molecule has 0 N–H and O–H groups in total. The smallest absolute Gasteiger partial charge is 0.345 e. The molecule has 0 aliphatic heterocycles. The van der Waals surface area contributed by atoms with Crippen molar-refractivity contribution in [3.63, 3.8) is 0 Å². The minimum Gasteiger partial charge on any atom is -0.421 e. The number of benzene rings is 1. The molecule has 17 heavy (non-hydrogen) atoms. The van der Waals surface area contributed by atoms with Crippen molar-refractivity contribution in [1.82, 2.24) is 4.98 Å². The highest BCUT2D eigenvalue weighted by Crippen LogP contribution is 2.23. The van der Waals surface area contributed by atoms with Crippen molar-refractivity contribution in [2.45, 2.75) is 6.92 Å². The summed E-state index contributed by atoms with van der Waals surface area (Å²) in [7, 11) is 0. The van der Waals surface area contributed by atoms with Gasteiger partial charge in [-0.3, -0.25) is 4.98 Å². The van der Waals surface area contributed by atoms with Crippen LogP contribution in [0.3, 0.4) is 0 Å². The lowest BCUT2D eigenvalue weighted by Crippen LogP contribution is -2.09.